The zero-order chi connectivity index (χ0) is 12.3. The zero-order valence-electron chi connectivity index (χ0n) is 9.18. The molecule has 2 aromatic heterocycles. The maximum Gasteiger partial charge on any atom is 0.146 e. The van der Waals surface area contributed by atoms with Gasteiger partial charge in [0.1, 0.15) is 11.6 Å². The maximum atomic E-state index is 13.4. The summed E-state index contributed by atoms with van der Waals surface area (Å²) in [6, 6.07) is 5.93. The largest absolute Gasteiger partial charge is 0.384 e. The highest BCUT2D eigenvalue weighted by Crippen LogP contribution is 2.17. The fourth-order valence-corrected chi connectivity index (χ4v) is 1.64. The highest BCUT2D eigenvalue weighted by atomic mass is 19.1. The van der Waals surface area contributed by atoms with Crippen LogP contribution in [0.3, 0.4) is 0 Å². The predicted octanol–water partition coefficient (Wildman–Crippen LogP) is 1.44. The van der Waals surface area contributed by atoms with E-state index >= 15 is 0 Å². The molecule has 0 bridgehead atoms. The third-order valence-electron chi connectivity index (χ3n) is 2.44. The molecule has 2 heterocycles. The van der Waals surface area contributed by atoms with Crippen molar-refractivity contribution < 1.29 is 4.39 Å². The summed E-state index contributed by atoms with van der Waals surface area (Å²) in [5.41, 5.74) is 12.7. The van der Waals surface area contributed by atoms with Crippen molar-refractivity contribution in [2.45, 2.75) is 12.5 Å². The molecule has 0 aliphatic heterocycles. The molecule has 5 heteroatoms. The molecule has 1 atom stereocenters. The van der Waals surface area contributed by atoms with Crippen molar-refractivity contribution in [2.24, 2.45) is 5.73 Å². The minimum atomic E-state index is -0.488. The lowest BCUT2D eigenvalue weighted by Crippen LogP contribution is -2.16. The number of halogens is 1. The van der Waals surface area contributed by atoms with Gasteiger partial charge < -0.3 is 11.5 Å². The molecule has 4 N–H and O–H groups in total. The van der Waals surface area contributed by atoms with Crippen LogP contribution >= 0.6 is 0 Å². The quantitative estimate of drug-likeness (QED) is 0.839. The van der Waals surface area contributed by atoms with E-state index in [2.05, 4.69) is 9.97 Å². The summed E-state index contributed by atoms with van der Waals surface area (Å²) in [6.07, 6.45) is 3.60. The van der Waals surface area contributed by atoms with Crippen LogP contribution < -0.4 is 11.5 Å². The Morgan fingerprint density at radius 3 is 2.76 bits per heavy atom. The second-order valence-electron chi connectivity index (χ2n) is 3.77. The van der Waals surface area contributed by atoms with Gasteiger partial charge in [-0.05, 0) is 36.2 Å². The molecule has 2 aromatic rings. The van der Waals surface area contributed by atoms with Gasteiger partial charge in [0.05, 0.1) is 11.7 Å². The molecular weight excluding hydrogens is 219 g/mol. The van der Waals surface area contributed by atoms with Gasteiger partial charge in [-0.25, -0.2) is 9.37 Å². The maximum absolute atomic E-state index is 13.4. The molecule has 0 saturated carbocycles. The number of pyridine rings is 2. The molecule has 2 rings (SSSR count). The normalized spacial score (nSPS) is 12.4. The van der Waals surface area contributed by atoms with Gasteiger partial charge in [0, 0.05) is 12.4 Å². The monoisotopic (exact) mass is 232 g/mol. The molecule has 4 nitrogen and oxygen atoms in total. The van der Waals surface area contributed by atoms with Crippen LogP contribution in [0.1, 0.15) is 17.3 Å². The van der Waals surface area contributed by atoms with Gasteiger partial charge in [0.2, 0.25) is 0 Å². The fraction of sp³-hybridized carbons (Fsp3) is 0.167. The Bertz CT molecular complexity index is 515. The molecule has 1 unspecified atom stereocenters. The van der Waals surface area contributed by atoms with Crippen LogP contribution in [0.4, 0.5) is 10.2 Å². The Morgan fingerprint density at radius 1 is 1.24 bits per heavy atom. The topological polar surface area (TPSA) is 77.8 Å². The van der Waals surface area contributed by atoms with E-state index < -0.39 is 6.04 Å². The molecule has 0 fully saturated rings. The first-order valence-electron chi connectivity index (χ1n) is 5.23. The highest BCUT2D eigenvalue weighted by molar-refractivity contribution is 5.32. The SMILES string of the molecule is Nc1cc(CC(N)c2ncccc2F)ccn1. The standard InChI is InChI=1S/C12H13FN4/c13-9-2-1-4-17-12(9)10(14)6-8-3-5-16-11(15)7-8/h1-5,7,10H,6,14H2,(H2,15,16). The molecule has 17 heavy (non-hydrogen) atoms. The van der Waals surface area contributed by atoms with E-state index in [0.29, 0.717) is 12.2 Å². The smallest absolute Gasteiger partial charge is 0.146 e. The summed E-state index contributed by atoms with van der Waals surface area (Å²) in [5.74, 6) is 0.0400. The van der Waals surface area contributed by atoms with Crippen LogP contribution in [0.15, 0.2) is 36.7 Å². The van der Waals surface area contributed by atoms with Crippen LogP contribution in [0.25, 0.3) is 0 Å². The fourth-order valence-electron chi connectivity index (χ4n) is 1.64. The molecular formula is C12H13FN4. The Labute approximate surface area is 98.5 Å². The highest BCUT2D eigenvalue weighted by Gasteiger charge is 2.13. The van der Waals surface area contributed by atoms with Gasteiger partial charge in [-0.1, -0.05) is 0 Å². The molecule has 0 amide bonds. The van der Waals surface area contributed by atoms with Gasteiger partial charge in [-0.15, -0.1) is 0 Å². The van der Waals surface area contributed by atoms with Crippen LogP contribution in [-0.2, 0) is 6.42 Å². The Hall–Kier alpha value is -2.01. The van der Waals surface area contributed by atoms with E-state index in [1.165, 1.54) is 18.3 Å². The third-order valence-corrected chi connectivity index (χ3v) is 2.44. The Morgan fingerprint density at radius 2 is 2.06 bits per heavy atom. The first kappa shape index (κ1) is 11.5. The second-order valence-corrected chi connectivity index (χ2v) is 3.77. The summed E-state index contributed by atoms with van der Waals surface area (Å²) in [4.78, 5) is 7.83. The van der Waals surface area contributed by atoms with Crippen molar-refractivity contribution in [1.29, 1.82) is 0 Å². The number of hydrogen-bond acceptors (Lipinski definition) is 4. The number of nitrogen functional groups attached to an aromatic ring is 1. The number of hydrogen-bond donors (Lipinski definition) is 2. The van der Waals surface area contributed by atoms with Crippen molar-refractivity contribution in [1.82, 2.24) is 9.97 Å². The van der Waals surface area contributed by atoms with Crippen molar-refractivity contribution in [3.8, 4) is 0 Å². The number of nitrogens with zero attached hydrogens (tertiary/aromatic N) is 2. The van der Waals surface area contributed by atoms with Crippen molar-refractivity contribution in [3.63, 3.8) is 0 Å². The molecule has 88 valence electrons. The van der Waals surface area contributed by atoms with Crippen molar-refractivity contribution in [2.75, 3.05) is 5.73 Å². The first-order valence-corrected chi connectivity index (χ1v) is 5.23. The van der Waals surface area contributed by atoms with Gasteiger partial charge in [-0.3, -0.25) is 4.98 Å². The van der Waals surface area contributed by atoms with Gasteiger partial charge in [0.15, 0.2) is 0 Å². The van der Waals surface area contributed by atoms with E-state index in [4.69, 9.17) is 11.5 Å². The van der Waals surface area contributed by atoms with Gasteiger partial charge in [0.25, 0.3) is 0 Å². The minimum absolute atomic E-state index is 0.267. The van der Waals surface area contributed by atoms with Crippen molar-refractivity contribution in [3.05, 3.63) is 53.7 Å². The van der Waals surface area contributed by atoms with Crippen LogP contribution in [0.2, 0.25) is 0 Å². The van der Waals surface area contributed by atoms with E-state index in [-0.39, 0.29) is 11.5 Å². The van der Waals surface area contributed by atoms with Gasteiger partial charge >= 0.3 is 0 Å². The summed E-state index contributed by atoms with van der Waals surface area (Å²) < 4.78 is 13.4. The Balaban J connectivity index is 2.17. The Kier molecular flexibility index (Phi) is 3.30. The summed E-state index contributed by atoms with van der Waals surface area (Å²) >= 11 is 0. The number of anilines is 1. The van der Waals surface area contributed by atoms with Crippen LogP contribution in [-0.4, -0.2) is 9.97 Å². The lowest BCUT2D eigenvalue weighted by Gasteiger charge is -2.11. The number of nitrogens with two attached hydrogens (primary N) is 2. The second kappa shape index (κ2) is 4.88. The molecule has 0 aliphatic carbocycles. The van der Waals surface area contributed by atoms with Crippen LogP contribution in [0.5, 0.6) is 0 Å². The zero-order valence-corrected chi connectivity index (χ0v) is 9.18. The molecule has 0 saturated heterocycles. The molecule has 0 radical (unpaired) electrons. The average Bonchev–Trinajstić information content (AvgIpc) is 2.29. The predicted molar refractivity (Wildman–Crippen MR) is 63.5 cm³/mol. The van der Waals surface area contributed by atoms with Gasteiger partial charge in [-0.2, -0.15) is 0 Å². The summed E-state index contributed by atoms with van der Waals surface area (Å²) in [5, 5.41) is 0. The summed E-state index contributed by atoms with van der Waals surface area (Å²) in [7, 11) is 0. The minimum Gasteiger partial charge on any atom is -0.384 e. The average molecular weight is 232 g/mol. The lowest BCUT2D eigenvalue weighted by atomic mass is 10.0. The number of aromatic nitrogens is 2. The van der Waals surface area contributed by atoms with E-state index in [0.717, 1.165) is 5.56 Å². The summed E-state index contributed by atoms with van der Waals surface area (Å²) in [6.45, 7) is 0. The van der Waals surface area contributed by atoms with E-state index in [9.17, 15) is 4.39 Å². The van der Waals surface area contributed by atoms with E-state index in [1.807, 2.05) is 0 Å². The first-order chi connectivity index (χ1) is 8.16. The van der Waals surface area contributed by atoms with Crippen LogP contribution in [0, 0.1) is 5.82 Å². The molecule has 0 spiro atoms. The van der Waals surface area contributed by atoms with E-state index in [1.54, 1.807) is 18.3 Å². The lowest BCUT2D eigenvalue weighted by molar-refractivity contribution is 0.564. The molecule has 0 aliphatic rings. The van der Waals surface area contributed by atoms with Crippen molar-refractivity contribution >= 4 is 5.82 Å². The third kappa shape index (κ3) is 2.76. The number of rotatable bonds is 3. The molecule has 0 aromatic carbocycles.